The van der Waals surface area contributed by atoms with Crippen molar-refractivity contribution in [3.63, 3.8) is 0 Å². The summed E-state index contributed by atoms with van der Waals surface area (Å²) in [4.78, 5) is 12.0. The van der Waals surface area contributed by atoms with Crippen molar-refractivity contribution < 1.29 is 9.90 Å². The summed E-state index contributed by atoms with van der Waals surface area (Å²) in [5.74, 6) is 0.310. The van der Waals surface area contributed by atoms with E-state index >= 15 is 0 Å². The van der Waals surface area contributed by atoms with Gasteiger partial charge in [0.15, 0.2) is 0 Å². The second kappa shape index (κ2) is 7.41. The normalized spacial score (nSPS) is 21.4. The van der Waals surface area contributed by atoms with Crippen LogP contribution >= 0.6 is 0 Å². The van der Waals surface area contributed by atoms with Gasteiger partial charge >= 0.3 is 0 Å². The van der Waals surface area contributed by atoms with Crippen LogP contribution in [0, 0.1) is 18.3 Å². The number of ketones is 1. The van der Waals surface area contributed by atoms with Crippen molar-refractivity contribution in [2.24, 2.45) is 0 Å². The number of nitriles is 1. The number of carbonyl (C=O) groups is 1. The Bertz CT molecular complexity index is 1190. The third kappa shape index (κ3) is 3.14. The fraction of sp³-hybridized carbons (Fsp3) is 0.385. The van der Waals surface area contributed by atoms with E-state index in [1.807, 2.05) is 19.1 Å². The first kappa shape index (κ1) is 19.1. The van der Waals surface area contributed by atoms with Crippen molar-refractivity contribution in [2.45, 2.75) is 64.0 Å². The first-order valence-corrected chi connectivity index (χ1v) is 10.9. The van der Waals surface area contributed by atoms with Crippen LogP contribution in [0.2, 0.25) is 0 Å². The first-order valence-electron chi connectivity index (χ1n) is 10.9. The number of carbonyl (C=O) groups excluding carboxylic acids is 1. The smallest absolute Gasteiger partial charge is 0.137 e. The molecule has 0 aliphatic heterocycles. The minimum atomic E-state index is -0.187. The van der Waals surface area contributed by atoms with E-state index in [4.69, 9.17) is 0 Å². The van der Waals surface area contributed by atoms with Crippen LogP contribution < -0.4 is 0 Å². The molecular weight excluding hydrogens is 372 g/mol. The lowest BCUT2D eigenvalue weighted by Gasteiger charge is -2.27. The molecule has 1 fully saturated rings. The maximum atomic E-state index is 12.0. The molecule has 0 unspecified atom stereocenters. The maximum absolute atomic E-state index is 12.0. The molecule has 0 amide bonds. The summed E-state index contributed by atoms with van der Waals surface area (Å²) >= 11 is 0. The van der Waals surface area contributed by atoms with Crippen LogP contribution in [0.25, 0.3) is 22.0 Å². The molecule has 4 nitrogen and oxygen atoms in total. The van der Waals surface area contributed by atoms with Gasteiger partial charge in [0.25, 0.3) is 0 Å². The third-order valence-electron chi connectivity index (χ3n) is 6.96. The Morgan fingerprint density at radius 1 is 1.10 bits per heavy atom. The van der Waals surface area contributed by atoms with Crippen LogP contribution in [-0.4, -0.2) is 21.6 Å². The molecule has 2 aliphatic carbocycles. The Hall–Kier alpha value is -2.90. The highest BCUT2D eigenvalue weighted by molar-refractivity contribution is 5.99. The number of fused-ring (bicyclic) bond motifs is 2. The van der Waals surface area contributed by atoms with Gasteiger partial charge in [-0.1, -0.05) is 18.2 Å². The van der Waals surface area contributed by atoms with E-state index in [0.29, 0.717) is 30.2 Å². The third-order valence-corrected chi connectivity index (χ3v) is 6.96. The van der Waals surface area contributed by atoms with Crippen molar-refractivity contribution in [3.05, 3.63) is 58.8 Å². The number of Topliss-reactive ketones (excluding diaryl/α,β-unsaturated/α-hetero) is 1. The van der Waals surface area contributed by atoms with Crippen LogP contribution in [0.15, 0.2) is 36.5 Å². The summed E-state index contributed by atoms with van der Waals surface area (Å²) in [5, 5.41) is 20.7. The molecule has 0 bridgehead atoms. The van der Waals surface area contributed by atoms with Crippen LogP contribution in [0.1, 0.15) is 60.4 Å². The Morgan fingerprint density at radius 2 is 1.90 bits per heavy atom. The standard InChI is InChI=1S/C26H26N2O2/c1-16-11-26-24(13-18(16)14-27)25(15-28(26)19-5-7-20(29)8-6-19)23-4-2-3-17-12-21(30)9-10-22(17)23/h2-4,11,13,15,19-20,29H,5-10,12H2,1H3. The average Bonchev–Trinajstić information content (AvgIpc) is 3.11. The molecule has 1 N–H and O–H groups in total. The zero-order valence-corrected chi connectivity index (χ0v) is 17.3. The van der Waals surface area contributed by atoms with Gasteiger partial charge < -0.3 is 9.67 Å². The lowest BCUT2D eigenvalue weighted by atomic mass is 9.85. The molecule has 3 aromatic rings. The molecule has 1 saturated carbocycles. The van der Waals surface area contributed by atoms with Crippen molar-refractivity contribution in [1.82, 2.24) is 4.57 Å². The van der Waals surface area contributed by atoms with E-state index < -0.39 is 0 Å². The van der Waals surface area contributed by atoms with Gasteiger partial charge in [0, 0.05) is 41.5 Å². The monoisotopic (exact) mass is 398 g/mol. The second-order valence-corrected chi connectivity index (χ2v) is 8.87. The van der Waals surface area contributed by atoms with Crippen LogP contribution in [0.3, 0.4) is 0 Å². The minimum absolute atomic E-state index is 0.187. The molecule has 30 heavy (non-hydrogen) atoms. The predicted octanol–water partition coefficient (Wildman–Crippen LogP) is 5.02. The molecule has 0 radical (unpaired) electrons. The SMILES string of the molecule is Cc1cc2c(cc1C#N)c(-c1cccc3c1CCC(=O)C3)cn2C1CCC(O)CC1. The van der Waals surface area contributed by atoms with Crippen molar-refractivity contribution in [2.75, 3.05) is 0 Å². The zero-order chi connectivity index (χ0) is 20.8. The summed E-state index contributed by atoms with van der Waals surface area (Å²) < 4.78 is 2.37. The molecule has 5 rings (SSSR count). The van der Waals surface area contributed by atoms with Crippen molar-refractivity contribution in [3.8, 4) is 17.2 Å². The molecule has 1 aromatic heterocycles. The maximum Gasteiger partial charge on any atom is 0.137 e. The van der Waals surface area contributed by atoms with Gasteiger partial charge in [-0.25, -0.2) is 0 Å². The van der Waals surface area contributed by atoms with Gasteiger partial charge in [-0.3, -0.25) is 4.79 Å². The van der Waals surface area contributed by atoms with E-state index in [9.17, 15) is 15.2 Å². The molecular formula is C26H26N2O2. The number of aryl methyl sites for hydroxylation is 1. The van der Waals surface area contributed by atoms with Crippen LogP contribution in [0.4, 0.5) is 0 Å². The lowest BCUT2D eigenvalue weighted by molar-refractivity contribution is -0.118. The van der Waals surface area contributed by atoms with Gasteiger partial charge in [0.2, 0.25) is 0 Å². The molecule has 2 aromatic carbocycles. The molecule has 152 valence electrons. The highest BCUT2D eigenvalue weighted by atomic mass is 16.3. The van der Waals surface area contributed by atoms with Gasteiger partial charge in [0.05, 0.1) is 17.7 Å². The van der Waals surface area contributed by atoms with E-state index in [0.717, 1.165) is 59.7 Å². The number of aromatic nitrogens is 1. The van der Waals surface area contributed by atoms with Gasteiger partial charge in [0.1, 0.15) is 5.78 Å². The highest BCUT2D eigenvalue weighted by Gasteiger charge is 2.25. The fourth-order valence-corrected chi connectivity index (χ4v) is 5.29. The molecule has 0 saturated heterocycles. The van der Waals surface area contributed by atoms with Gasteiger partial charge in [-0.15, -0.1) is 0 Å². The number of aliphatic hydroxyl groups excluding tert-OH is 1. The van der Waals surface area contributed by atoms with Crippen LogP contribution in [-0.2, 0) is 17.6 Å². The van der Waals surface area contributed by atoms with Crippen molar-refractivity contribution in [1.29, 1.82) is 5.26 Å². The summed E-state index contributed by atoms with van der Waals surface area (Å²) in [5.41, 5.74) is 7.61. The zero-order valence-electron chi connectivity index (χ0n) is 17.3. The highest BCUT2D eigenvalue weighted by Crippen LogP contribution is 2.40. The minimum Gasteiger partial charge on any atom is -0.393 e. The van der Waals surface area contributed by atoms with E-state index in [2.05, 4.69) is 35.0 Å². The number of rotatable bonds is 2. The summed E-state index contributed by atoms with van der Waals surface area (Å²) in [6.07, 6.45) is 7.55. The Kier molecular flexibility index (Phi) is 4.72. The molecule has 0 atom stereocenters. The van der Waals surface area contributed by atoms with E-state index in [-0.39, 0.29) is 6.10 Å². The summed E-state index contributed by atoms with van der Waals surface area (Å²) in [7, 11) is 0. The summed E-state index contributed by atoms with van der Waals surface area (Å²) in [6, 6.07) is 13.1. The number of hydrogen-bond acceptors (Lipinski definition) is 3. The predicted molar refractivity (Wildman–Crippen MR) is 117 cm³/mol. The quantitative estimate of drug-likeness (QED) is 0.659. The lowest BCUT2D eigenvalue weighted by Crippen LogP contribution is -2.20. The van der Waals surface area contributed by atoms with Crippen LogP contribution in [0.5, 0.6) is 0 Å². The Labute approximate surface area is 176 Å². The van der Waals surface area contributed by atoms with E-state index in [1.165, 1.54) is 11.1 Å². The van der Waals surface area contributed by atoms with Gasteiger partial charge in [-0.05, 0) is 73.4 Å². The summed E-state index contributed by atoms with van der Waals surface area (Å²) in [6.45, 7) is 2.00. The molecule has 0 spiro atoms. The fourth-order valence-electron chi connectivity index (χ4n) is 5.29. The molecule has 4 heteroatoms. The Balaban J connectivity index is 1.72. The van der Waals surface area contributed by atoms with Gasteiger partial charge in [-0.2, -0.15) is 5.26 Å². The largest absolute Gasteiger partial charge is 0.393 e. The average molecular weight is 399 g/mol. The molecule has 1 heterocycles. The number of hydrogen-bond donors (Lipinski definition) is 1. The second-order valence-electron chi connectivity index (χ2n) is 8.87. The first-order chi connectivity index (χ1) is 14.5. The van der Waals surface area contributed by atoms with E-state index in [1.54, 1.807) is 0 Å². The molecule has 2 aliphatic rings. The number of aliphatic hydroxyl groups is 1. The Morgan fingerprint density at radius 3 is 2.67 bits per heavy atom. The number of benzene rings is 2. The number of nitrogens with zero attached hydrogens (tertiary/aromatic N) is 2. The van der Waals surface area contributed by atoms with Crippen molar-refractivity contribution >= 4 is 16.7 Å². The topological polar surface area (TPSA) is 66.0 Å².